The lowest BCUT2D eigenvalue weighted by atomic mass is 10.2. The second-order valence-corrected chi connectivity index (χ2v) is 7.29. The first-order chi connectivity index (χ1) is 12.7. The first-order valence-corrected chi connectivity index (χ1v) is 9.88. The van der Waals surface area contributed by atoms with Gasteiger partial charge in [0.15, 0.2) is 0 Å². The molecule has 2 amide bonds. The van der Waals surface area contributed by atoms with Gasteiger partial charge in [-0.05, 0) is 56.6 Å². The van der Waals surface area contributed by atoms with Crippen LogP contribution in [-0.4, -0.2) is 65.9 Å². The molecule has 0 bridgehead atoms. The number of aliphatic hydroxyl groups is 1. The van der Waals surface area contributed by atoms with E-state index in [4.69, 9.17) is 4.74 Å². The van der Waals surface area contributed by atoms with Crippen LogP contribution in [-0.2, 0) is 0 Å². The summed E-state index contributed by atoms with van der Waals surface area (Å²) in [5, 5.41) is 13.2. The molecular formula is C20H31N3O3. The molecule has 2 saturated heterocycles. The molecule has 0 spiro atoms. The first-order valence-electron chi connectivity index (χ1n) is 9.88. The molecule has 0 aliphatic carbocycles. The summed E-state index contributed by atoms with van der Waals surface area (Å²) in [4.78, 5) is 16.5. The predicted molar refractivity (Wildman–Crippen MR) is 103 cm³/mol. The smallest absolute Gasteiger partial charge is 0.321 e. The maximum Gasteiger partial charge on any atom is 0.321 e. The highest BCUT2D eigenvalue weighted by molar-refractivity contribution is 5.89. The van der Waals surface area contributed by atoms with Crippen LogP contribution in [0.2, 0.25) is 0 Å². The monoisotopic (exact) mass is 361 g/mol. The minimum Gasteiger partial charge on any atom is -0.494 e. The quantitative estimate of drug-likeness (QED) is 0.733. The van der Waals surface area contributed by atoms with E-state index in [0.717, 1.165) is 37.6 Å². The van der Waals surface area contributed by atoms with Gasteiger partial charge in [-0.15, -0.1) is 0 Å². The van der Waals surface area contributed by atoms with Crippen LogP contribution in [0, 0.1) is 0 Å². The number of hydrogen-bond acceptors (Lipinski definition) is 4. The van der Waals surface area contributed by atoms with E-state index in [1.807, 2.05) is 24.3 Å². The van der Waals surface area contributed by atoms with Gasteiger partial charge in [0.05, 0.1) is 25.3 Å². The van der Waals surface area contributed by atoms with Gasteiger partial charge in [0.2, 0.25) is 0 Å². The number of β-amino-alcohol motifs (C(OH)–C–C–N with tert-alkyl or cyclic N) is 1. The summed E-state index contributed by atoms with van der Waals surface area (Å²) in [5.74, 6) is 0.824. The Morgan fingerprint density at radius 1 is 1.19 bits per heavy atom. The topological polar surface area (TPSA) is 65.0 Å². The highest BCUT2D eigenvalue weighted by Crippen LogP contribution is 2.22. The molecule has 1 aromatic carbocycles. The van der Waals surface area contributed by atoms with Crippen molar-refractivity contribution in [1.29, 1.82) is 0 Å². The average Bonchev–Trinajstić information content (AvgIpc) is 3.29. The third-order valence-corrected chi connectivity index (χ3v) is 5.28. The number of carbonyl (C=O) groups is 1. The SMILES string of the molecule is CCCCCOc1ccc(NC(=O)N2C[C@H](O)[C@@H](N3CCCC3)C2)cc1. The molecular weight excluding hydrogens is 330 g/mol. The zero-order chi connectivity index (χ0) is 18.4. The lowest BCUT2D eigenvalue weighted by Crippen LogP contribution is -2.41. The molecule has 6 nitrogen and oxygen atoms in total. The van der Waals surface area contributed by atoms with Crippen molar-refractivity contribution in [3.8, 4) is 5.75 Å². The molecule has 2 N–H and O–H groups in total. The summed E-state index contributed by atoms with van der Waals surface area (Å²) in [6.07, 6.45) is 5.32. The molecule has 144 valence electrons. The molecule has 2 aliphatic rings. The number of benzene rings is 1. The lowest BCUT2D eigenvalue weighted by Gasteiger charge is -2.25. The average molecular weight is 361 g/mol. The van der Waals surface area contributed by atoms with E-state index >= 15 is 0 Å². The summed E-state index contributed by atoms with van der Waals surface area (Å²) >= 11 is 0. The number of anilines is 1. The molecule has 2 heterocycles. The van der Waals surface area contributed by atoms with Crippen molar-refractivity contribution in [3.63, 3.8) is 0 Å². The van der Waals surface area contributed by atoms with Gasteiger partial charge in [-0.25, -0.2) is 4.79 Å². The van der Waals surface area contributed by atoms with E-state index in [1.165, 1.54) is 25.7 Å². The van der Waals surface area contributed by atoms with Crippen LogP contribution in [0.3, 0.4) is 0 Å². The summed E-state index contributed by atoms with van der Waals surface area (Å²) in [6, 6.07) is 7.40. The number of carbonyl (C=O) groups excluding carboxylic acids is 1. The zero-order valence-electron chi connectivity index (χ0n) is 15.7. The van der Waals surface area contributed by atoms with E-state index in [1.54, 1.807) is 4.90 Å². The number of hydrogen-bond donors (Lipinski definition) is 2. The van der Waals surface area contributed by atoms with Crippen LogP contribution in [0.15, 0.2) is 24.3 Å². The molecule has 2 fully saturated rings. The predicted octanol–water partition coefficient (Wildman–Crippen LogP) is 2.93. The summed E-state index contributed by atoms with van der Waals surface area (Å²) in [7, 11) is 0. The molecule has 26 heavy (non-hydrogen) atoms. The highest BCUT2D eigenvalue weighted by atomic mass is 16.5. The third-order valence-electron chi connectivity index (χ3n) is 5.28. The molecule has 3 rings (SSSR count). The summed E-state index contributed by atoms with van der Waals surface area (Å²) in [6.45, 7) is 5.93. The number of aliphatic hydroxyl groups excluding tert-OH is 1. The van der Waals surface area contributed by atoms with E-state index in [0.29, 0.717) is 13.1 Å². The molecule has 0 unspecified atom stereocenters. The Labute approximate surface area is 156 Å². The Balaban J connectivity index is 1.47. The molecule has 2 atom stereocenters. The normalized spacial score (nSPS) is 23.4. The molecule has 0 saturated carbocycles. The van der Waals surface area contributed by atoms with Crippen molar-refractivity contribution in [2.45, 2.75) is 51.2 Å². The van der Waals surface area contributed by atoms with Gasteiger partial charge >= 0.3 is 6.03 Å². The highest BCUT2D eigenvalue weighted by Gasteiger charge is 2.38. The van der Waals surface area contributed by atoms with Gasteiger partial charge in [-0.1, -0.05) is 19.8 Å². The van der Waals surface area contributed by atoms with Crippen molar-refractivity contribution >= 4 is 11.7 Å². The van der Waals surface area contributed by atoms with E-state index in [2.05, 4.69) is 17.1 Å². The van der Waals surface area contributed by atoms with Crippen molar-refractivity contribution in [1.82, 2.24) is 9.80 Å². The van der Waals surface area contributed by atoms with Crippen molar-refractivity contribution in [2.24, 2.45) is 0 Å². The number of amides is 2. The van der Waals surface area contributed by atoms with Gasteiger partial charge in [0.1, 0.15) is 5.75 Å². The van der Waals surface area contributed by atoms with Crippen LogP contribution in [0.4, 0.5) is 10.5 Å². The number of nitrogens with one attached hydrogen (secondary N) is 1. The standard InChI is InChI=1S/C20H31N3O3/c1-2-3-6-13-26-17-9-7-16(8-10-17)21-20(25)23-14-18(19(24)15-23)22-11-4-5-12-22/h7-10,18-19,24H,2-6,11-15H2,1H3,(H,21,25)/t18-,19-/m0/s1. The first kappa shape index (κ1) is 19.0. The van der Waals surface area contributed by atoms with Crippen LogP contribution < -0.4 is 10.1 Å². The second kappa shape index (κ2) is 9.24. The third kappa shape index (κ3) is 4.89. The molecule has 0 aromatic heterocycles. The maximum absolute atomic E-state index is 12.5. The van der Waals surface area contributed by atoms with Crippen molar-refractivity contribution < 1.29 is 14.6 Å². The van der Waals surface area contributed by atoms with Crippen molar-refractivity contribution in [3.05, 3.63) is 24.3 Å². The van der Waals surface area contributed by atoms with Crippen molar-refractivity contribution in [2.75, 3.05) is 38.1 Å². The van der Waals surface area contributed by atoms with E-state index in [-0.39, 0.29) is 12.1 Å². The van der Waals surface area contributed by atoms with E-state index < -0.39 is 6.10 Å². The Morgan fingerprint density at radius 3 is 2.62 bits per heavy atom. The lowest BCUT2D eigenvalue weighted by molar-refractivity contribution is 0.0980. The molecule has 6 heteroatoms. The fourth-order valence-corrected chi connectivity index (χ4v) is 3.75. The van der Waals surface area contributed by atoms with Crippen LogP contribution in [0.5, 0.6) is 5.75 Å². The van der Waals surface area contributed by atoms with Gasteiger partial charge in [-0.3, -0.25) is 4.90 Å². The number of urea groups is 1. The second-order valence-electron chi connectivity index (χ2n) is 7.29. The Morgan fingerprint density at radius 2 is 1.92 bits per heavy atom. The Hall–Kier alpha value is -1.79. The van der Waals surface area contributed by atoms with Crippen LogP contribution in [0.25, 0.3) is 0 Å². The summed E-state index contributed by atoms with van der Waals surface area (Å²) < 4.78 is 5.69. The van der Waals surface area contributed by atoms with Crippen LogP contribution >= 0.6 is 0 Å². The fraction of sp³-hybridized carbons (Fsp3) is 0.650. The number of rotatable bonds is 7. The van der Waals surface area contributed by atoms with Crippen LogP contribution in [0.1, 0.15) is 39.0 Å². The molecule has 0 radical (unpaired) electrons. The van der Waals surface area contributed by atoms with Gasteiger partial charge in [0, 0.05) is 12.2 Å². The van der Waals surface area contributed by atoms with E-state index in [9.17, 15) is 9.90 Å². The number of nitrogens with zero attached hydrogens (tertiary/aromatic N) is 2. The van der Waals surface area contributed by atoms with Gasteiger partial charge in [0.25, 0.3) is 0 Å². The van der Waals surface area contributed by atoms with Gasteiger partial charge in [-0.2, -0.15) is 0 Å². The zero-order valence-corrected chi connectivity index (χ0v) is 15.7. The molecule has 1 aromatic rings. The largest absolute Gasteiger partial charge is 0.494 e. The fourth-order valence-electron chi connectivity index (χ4n) is 3.75. The minimum atomic E-state index is -0.460. The summed E-state index contributed by atoms with van der Waals surface area (Å²) in [5.41, 5.74) is 0.745. The van der Waals surface area contributed by atoms with Gasteiger partial charge < -0.3 is 20.1 Å². The Bertz CT molecular complexity index is 572. The number of ether oxygens (including phenoxy) is 1. The Kier molecular flexibility index (Phi) is 6.74. The minimum absolute atomic E-state index is 0.0714. The maximum atomic E-state index is 12.5. The number of likely N-dealkylation sites (tertiary alicyclic amines) is 2. The number of unbranched alkanes of at least 4 members (excludes halogenated alkanes) is 2. The molecule has 2 aliphatic heterocycles.